The predicted octanol–water partition coefficient (Wildman–Crippen LogP) is 3.05. The normalized spacial score (nSPS) is 18.8. The Bertz CT molecular complexity index is 780. The number of hydrogen-bond acceptors (Lipinski definition) is 4. The number of hydrogen-bond donors (Lipinski definition) is 1. The summed E-state index contributed by atoms with van der Waals surface area (Å²) in [6, 6.07) is 6.14. The van der Waals surface area contributed by atoms with E-state index in [2.05, 4.69) is 10.2 Å². The van der Waals surface area contributed by atoms with Gasteiger partial charge in [-0.2, -0.15) is 5.10 Å². The Morgan fingerprint density at radius 3 is 2.96 bits per heavy atom. The first-order valence-electron chi connectivity index (χ1n) is 8.83. The van der Waals surface area contributed by atoms with Crippen molar-refractivity contribution in [2.45, 2.75) is 45.6 Å². The average molecular weight is 341 g/mol. The second-order valence-corrected chi connectivity index (χ2v) is 6.77. The highest BCUT2D eigenvalue weighted by atomic mass is 16.7. The minimum Gasteiger partial charge on any atom is -0.454 e. The van der Waals surface area contributed by atoms with Crippen LogP contribution in [0.4, 0.5) is 0 Å². The second-order valence-electron chi connectivity index (χ2n) is 6.77. The van der Waals surface area contributed by atoms with Gasteiger partial charge in [0.1, 0.15) is 0 Å². The highest BCUT2D eigenvalue weighted by molar-refractivity contribution is 5.77. The summed E-state index contributed by atoms with van der Waals surface area (Å²) in [6.07, 6.45) is 3.28. The third kappa shape index (κ3) is 2.97. The van der Waals surface area contributed by atoms with E-state index in [4.69, 9.17) is 9.47 Å². The number of aromatic nitrogens is 2. The van der Waals surface area contributed by atoms with Gasteiger partial charge in [-0.15, -0.1) is 0 Å². The van der Waals surface area contributed by atoms with Gasteiger partial charge in [-0.3, -0.25) is 9.89 Å². The van der Waals surface area contributed by atoms with E-state index in [1.807, 2.05) is 36.9 Å². The zero-order chi connectivity index (χ0) is 17.4. The first-order valence-corrected chi connectivity index (χ1v) is 8.83. The number of amides is 1. The fraction of sp³-hybridized carbons (Fsp3) is 0.474. The molecule has 0 spiro atoms. The minimum atomic E-state index is 0.133. The zero-order valence-electron chi connectivity index (χ0n) is 14.7. The minimum absolute atomic E-state index is 0.133. The number of carbonyl (C=O) groups is 1. The number of aromatic amines is 1. The molecule has 0 radical (unpaired) electrons. The molecule has 2 aliphatic heterocycles. The van der Waals surface area contributed by atoms with Crippen molar-refractivity contribution in [2.75, 3.05) is 13.3 Å². The molecule has 25 heavy (non-hydrogen) atoms. The summed E-state index contributed by atoms with van der Waals surface area (Å²) in [7, 11) is 0. The summed E-state index contributed by atoms with van der Waals surface area (Å²) >= 11 is 0. The van der Waals surface area contributed by atoms with Crippen molar-refractivity contribution in [2.24, 2.45) is 0 Å². The lowest BCUT2D eigenvalue weighted by atomic mass is 10.0. The summed E-state index contributed by atoms with van der Waals surface area (Å²) in [5, 5.41) is 7.20. The number of fused-ring (bicyclic) bond motifs is 1. The molecule has 1 unspecified atom stereocenters. The van der Waals surface area contributed by atoms with E-state index >= 15 is 0 Å². The summed E-state index contributed by atoms with van der Waals surface area (Å²) < 4.78 is 10.9. The Morgan fingerprint density at radius 2 is 2.16 bits per heavy atom. The van der Waals surface area contributed by atoms with Crippen molar-refractivity contribution < 1.29 is 14.3 Å². The summed E-state index contributed by atoms with van der Waals surface area (Å²) in [5.41, 5.74) is 4.33. The zero-order valence-corrected chi connectivity index (χ0v) is 14.7. The Kier molecular flexibility index (Phi) is 4.11. The van der Waals surface area contributed by atoms with E-state index in [0.717, 1.165) is 59.8 Å². The van der Waals surface area contributed by atoms with Gasteiger partial charge in [-0.25, -0.2) is 0 Å². The number of benzene rings is 1. The molecule has 1 fully saturated rings. The fourth-order valence-corrected chi connectivity index (χ4v) is 3.85. The lowest BCUT2D eigenvalue weighted by Gasteiger charge is -2.25. The van der Waals surface area contributed by atoms with E-state index in [0.29, 0.717) is 6.42 Å². The third-order valence-electron chi connectivity index (χ3n) is 5.22. The maximum Gasteiger partial charge on any atom is 0.231 e. The maximum absolute atomic E-state index is 12.8. The first kappa shape index (κ1) is 16.0. The van der Waals surface area contributed by atoms with Crippen molar-refractivity contribution in [1.29, 1.82) is 0 Å². The quantitative estimate of drug-likeness (QED) is 0.928. The molecule has 0 bridgehead atoms. The van der Waals surface area contributed by atoms with Crippen LogP contribution in [0.5, 0.6) is 11.5 Å². The van der Waals surface area contributed by atoms with Crippen LogP contribution in [0.3, 0.4) is 0 Å². The molecule has 1 saturated heterocycles. The SMILES string of the molecule is Cc1n[nH]c(C)c1CCC(=O)N1CCCC1c1ccc2c(c1)OCO2. The van der Waals surface area contributed by atoms with Gasteiger partial charge in [0.05, 0.1) is 11.7 Å². The standard InChI is InChI=1S/C19H23N3O3/c1-12-15(13(2)21-20-12)6-8-19(23)22-9-3-4-16(22)14-5-7-17-18(10-14)25-11-24-17/h5,7,10,16H,3-4,6,8-9,11H2,1-2H3,(H,20,21). The predicted molar refractivity (Wildman–Crippen MR) is 92.6 cm³/mol. The molecule has 1 aromatic heterocycles. The van der Waals surface area contributed by atoms with Crippen LogP contribution in [0.1, 0.15) is 47.8 Å². The van der Waals surface area contributed by atoms with Crippen molar-refractivity contribution in [3.05, 3.63) is 40.7 Å². The van der Waals surface area contributed by atoms with Crippen LogP contribution in [0.15, 0.2) is 18.2 Å². The van der Waals surface area contributed by atoms with Crippen molar-refractivity contribution in [3.63, 3.8) is 0 Å². The van der Waals surface area contributed by atoms with Crippen molar-refractivity contribution in [3.8, 4) is 11.5 Å². The van der Waals surface area contributed by atoms with Gasteiger partial charge >= 0.3 is 0 Å². The number of aryl methyl sites for hydroxylation is 2. The van der Waals surface area contributed by atoms with Crippen LogP contribution in [0, 0.1) is 13.8 Å². The van der Waals surface area contributed by atoms with Crippen LogP contribution in [-0.4, -0.2) is 34.3 Å². The molecule has 3 heterocycles. The molecule has 2 aliphatic rings. The molecule has 1 atom stereocenters. The highest BCUT2D eigenvalue weighted by Gasteiger charge is 2.31. The molecule has 6 nitrogen and oxygen atoms in total. The van der Waals surface area contributed by atoms with E-state index < -0.39 is 0 Å². The molecule has 132 valence electrons. The highest BCUT2D eigenvalue weighted by Crippen LogP contribution is 2.39. The van der Waals surface area contributed by atoms with E-state index in [1.54, 1.807) is 0 Å². The van der Waals surface area contributed by atoms with Crippen molar-refractivity contribution in [1.82, 2.24) is 15.1 Å². The smallest absolute Gasteiger partial charge is 0.231 e. The topological polar surface area (TPSA) is 67.5 Å². The van der Waals surface area contributed by atoms with Crippen LogP contribution in [-0.2, 0) is 11.2 Å². The number of carbonyl (C=O) groups excluding carboxylic acids is 1. The van der Waals surface area contributed by atoms with Gasteiger partial charge in [0, 0.05) is 18.7 Å². The van der Waals surface area contributed by atoms with Crippen LogP contribution >= 0.6 is 0 Å². The van der Waals surface area contributed by atoms with E-state index in [9.17, 15) is 4.79 Å². The average Bonchev–Trinajstić information content (AvgIpc) is 3.33. The van der Waals surface area contributed by atoms with Crippen molar-refractivity contribution >= 4 is 5.91 Å². The van der Waals surface area contributed by atoms with Crippen LogP contribution < -0.4 is 9.47 Å². The number of H-pyrrole nitrogens is 1. The molecule has 6 heteroatoms. The van der Waals surface area contributed by atoms with Gasteiger partial charge in [-0.05, 0) is 56.4 Å². The third-order valence-corrected chi connectivity index (χ3v) is 5.22. The molecule has 1 amide bonds. The molecule has 2 aromatic rings. The Morgan fingerprint density at radius 1 is 1.32 bits per heavy atom. The van der Waals surface area contributed by atoms with Gasteiger partial charge in [-0.1, -0.05) is 6.07 Å². The largest absolute Gasteiger partial charge is 0.454 e. The maximum atomic E-state index is 12.8. The number of likely N-dealkylation sites (tertiary alicyclic amines) is 1. The molecule has 0 saturated carbocycles. The monoisotopic (exact) mass is 341 g/mol. The molecule has 1 aromatic carbocycles. The Labute approximate surface area is 147 Å². The molecule has 1 N–H and O–H groups in total. The molecular weight excluding hydrogens is 318 g/mol. The second kappa shape index (κ2) is 6.43. The summed E-state index contributed by atoms with van der Waals surface area (Å²) in [6.45, 7) is 5.08. The van der Waals surface area contributed by atoms with Gasteiger partial charge < -0.3 is 14.4 Å². The molecule has 4 rings (SSSR count). The molecular formula is C19H23N3O3. The van der Waals surface area contributed by atoms with Gasteiger partial charge in [0.2, 0.25) is 12.7 Å². The van der Waals surface area contributed by atoms with Crippen LogP contribution in [0.25, 0.3) is 0 Å². The molecule has 0 aliphatic carbocycles. The first-order chi connectivity index (χ1) is 12.1. The van der Waals surface area contributed by atoms with Gasteiger partial charge in [0.15, 0.2) is 11.5 Å². The lowest BCUT2D eigenvalue weighted by molar-refractivity contribution is -0.132. The Balaban J connectivity index is 1.46. The van der Waals surface area contributed by atoms with E-state index in [1.165, 1.54) is 0 Å². The fourth-order valence-electron chi connectivity index (χ4n) is 3.85. The summed E-state index contributed by atoms with van der Waals surface area (Å²) in [5.74, 6) is 1.77. The summed E-state index contributed by atoms with van der Waals surface area (Å²) in [4.78, 5) is 14.8. The number of ether oxygens (including phenoxy) is 2. The van der Waals surface area contributed by atoms with Gasteiger partial charge in [0.25, 0.3) is 0 Å². The number of nitrogens with zero attached hydrogens (tertiary/aromatic N) is 2. The Hall–Kier alpha value is -2.50. The van der Waals surface area contributed by atoms with E-state index in [-0.39, 0.29) is 18.7 Å². The number of nitrogens with one attached hydrogen (secondary N) is 1. The van der Waals surface area contributed by atoms with Crippen LogP contribution in [0.2, 0.25) is 0 Å². The lowest BCUT2D eigenvalue weighted by Crippen LogP contribution is -2.30. The number of rotatable bonds is 4.